The van der Waals surface area contributed by atoms with Gasteiger partial charge in [-0.1, -0.05) is 12.1 Å². The molecule has 27 heavy (non-hydrogen) atoms. The quantitative estimate of drug-likeness (QED) is 0.286. The van der Waals surface area contributed by atoms with E-state index in [1.807, 2.05) is 12.1 Å². The smallest absolute Gasteiger partial charge is 0.193 e. The minimum absolute atomic E-state index is 0. The molecule has 152 valence electrons. The van der Waals surface area contributed by atoms with Gasteiger partial charge in [0.25, 0.3) is 0 Å². The topological polar surface area (TPSA) is 49.3 Å². The maximum absolute atomic E-state index is 13.9. The van der Waals surface area contributed by atoms with Crippen LogP contribution in [0.3, 0.4) is 0 Å². The van der Waals surface area contributed by atoms with Crippen LogP contribution >= 0.6 is 24.0 Å². The highest BCUT2D eigenvalue weighted by Gasteiger charge is 2.21. The summed E-state index contributed by atoms with van der Waals surface area (Å²) in [4.78, 5) is 8.65. The van der Waals surface area contributed by atoms with Gasteiger partial charge < -0.3 is 24.6 Å². The van der Waals surface area contributed by atoms with E-state index < -0.39 is 0 Å². The summed E-state index contributed by atoms with van der Waals surface area (Å²) in [5.74, 6) is 0.714. The van der Waals surface area contributed by atoms with Crippen molar-refractivity contribution in [3.63, 3.8) is 0 Å². The first kappa shape index (κ1) is 22.2. The summed E-state index contributed by atoms with van der Waals surface area (Å²) in [6, 6.07) is 6.95. The maximum atomic E-state index is 13.9. The Labute approximate surface area is 178 Å². The number of hydrogen-bond acceptors (Lipinski definition) is 4. The van der Waals surface area contributed by atoms with Crippen molar-refractivity contribution in [1.82, 2.24) is 10.2 Å². The average Bonchev–Trinajstić information content (AvgIpc) is 3.19. The van der Waals surface area contributed by atoms with Crippen LogP contribution in [0.15, 0.2) is 29.3 Å². The first-order valence-electron chi connectivity index (χ1n) is 9.42. The summed E-state index contributed by atoms with van der Waals surface area (Å²) >= 11 is 0. The highest BCUT2D eigenvalue weighted by atomic mass is 127. The molecule has 1 aromatic carbocycles. The van der Waals surface area contributed by atoms with E-state index in [9.17, 15) is 4.39 Å². The van der Waals surface area contributed by atoms with Gasteiger partial charge in [-0.05, 0) is 25.0 Å². The number of ether oxygens (including phenoxy) is 2. The fourth-order valence-corrected chi connectivity index (χ4v) is 3.43. The highest BCUT2D eigenvalue weighted by Crippen LogP contribution is 2.20. The van der Waals surface area contributed by atoms with Gasteiger partial charge in [-0.25, -0.2) is 4.39 Å². The number of halogens is 2. The van der Waals surface area contributed by atoms with Crippen molar-refractivity contribution in [2.24, 2.45) is 4.99 Å². The lowest BCUT2D eigenvalue weighted by molar-refractivity contribution is 0.0190. The van der Waals surface area contributed by atoms with E-state index in [0.29, 0.717) is 25.4 Å². The zero-order chi connectivity index (χ0) is 18.2. The Morgan fingerprint density at radius 2 is 2.07 bits per heavy atom. The number of anilines is 1. The third kappa shape index (κ3) is 6.46. The number of aliphatic imine (C=N–C) groups is 1. The second kappa shape index (κ2) is 11.7. The van der Waals surface area contributed by atoms with Crippen molar-refractivity contribution in [2.75, 3.05) is 64.5 Å². The Balaban J connectivity index is 0.00000261. The molecule has 8 heteroatoms. The van der Waals surface area contributed by atoms with Gasteiger partial charge in [0.1, 0.15) is 5.82 Å². The molecule has 2 aliphatic heterocycles. The third-order valence-electron chi connectivity index (χ3n) is 4.84. The van der Waals surface area contributed by atoms with Crippen molar-refractivity contribution in [3.05, 3.63) is 30.1 Å². The molecule has 1 N–H and O–H groups in total. The maximum Gasteiger partial charge on any atom is 0.193 e. The first-order chi connectivity index (χ1) is 12.8. The largest absolute Gasteiger partial charge is 0.377 e. The average molecular weight is 492 g/mol. The summed E-state index contributed by atoms with van der Waals surface area (Å²) in [7, 11) is 1.79. The number of hydrogen-bond donors (Lipinski definition) is 1. The fraction of sp³-hybridized carbons (Fsp3) is 0.632. The molecule has 1 unspecified atom stereocenters. The lowest BCUT2D eigenvalue weighted by Gasteiger charge is -2.37. The second-order valence-corrected chi connectivity index (χ2v) is 6.61. The zero-order valence-electron chi connectivity index (χ0n) is 15.9. The fourth-order valence-electron chi connectivity index (χ4n) is 3.43. The first-order valence-corrected chi connectivity index (χ1v) is 9.42. The predicted molar refractivity (Wildman–Crippen MR) is 117 cm³/mol. The van der Waals surface area contributed by atoms with Gasteiger partial charge >= 0.3 is 0 Å². The number of rotatable bonds is 6. The summed E-state index contributed by atoms with van der Waals surface area (Å²) in [6.07, 6.45) is 2.50. The summed E-state index contributed by atoms with van der Waals surface area (Å²) < 4.78 is 25.2. The Kier molecular flexibility index (Phi) is 9.57. The molecular formula is C19H30FIN4O2. The van der Waals surface area contributed by atoms with E-state index in [1.165, 1.54) is 6.07 Å². The van der Waals surface area contributed by atoms with E-state index in [4.69, 9.17) is 9.47 Å². The number of piperazine rings is 1. The summed E-state index contributed by atoms with van der Waals surface area (Å²) in [5, 5.41) is 3.35. The van der Waals surface area contributed by atoms with Gasteiger partial charge in [-0.3, -0.25) is 4.99 Å². The summed E-state index contributed by atoms with van der Waals surface area (Å²) in [5.41, 5.74) is 0.678. The lowest BCUT2D eigenvalue weighted by Crippen LogP contribution is -2.53. The Hall–Kier alpha value is -1.13. The molecule has 2 saturated heterocycles. The molecular weight excluding hydrogens is 462 g/mol. The number of nitrogens with one attached hydrogen (secondary N) is 1. The van der Waals surface area contributed by atoms with Crippen molar-refractivity contribution >= 4 is 35.6 Å². The molecule has 0 aliphatic carbocycles. The van der Waals surface area contributed by atoms with Crippen LogP contribution in [-0.2, 0) is 9.47 Å². The zero-order valence-corrected chi connectivity index (χ0v) is 18.2. The molecule has 2 heterocycles. The minimum Gasteiger partial charge on any atom is -0.377 e. The third-order valence-corrected chi connectivity index (χ3v) is 4.84. The summed E-state index contributed by atoms with van der Waals surface area (Å²) in [6.45, 7) is 6.05. The van der Waals surface area contributed by atoms with Crippen LogP contribution in [0, 0.1) is 5.82 Å². The van der Waals surface area contributed by atoms with Crippen molar-refractivity contribution in [1.29, 1.82) is 0 Å². The molecule has 1 atom stereocenters. The van der Waals surface area contributed by atoms with Crippen molar-refractivity contribution < 1.29 is 13.9 Å². The highest BCUT2D eigenvalue weighted by molar-refractivity contribution is 14.0. The van der Waals surface area contributed by atoms with Crippen LogP contribution in [0.2, 0.25) is 0 Å². The van der Waals surface area contributed by atoms with Crippen LogP contribution in [0.1, 0.15) is 12.8 Å². The SMILES string of the molecule is CN=C(NCCOCC1CCCO1)N1CCN(c2ccccc2F)CC1.I. The lowest BCUT2D eigenvalue weighted by atomic mass is 10.2. The standard InChI is InChI=1S/C19H29FN4O2.HI/c1-21-19(22-8-14-25-15-16-5-4-13-26-16)24-11-9-23(10-12-24)18-7-3-2-6-17(18)20;/h2-3,6-7,16H,4-5,8-15H2,1H3,(H,21,22);1H. The normalized spacial score (nSPS) is 20.5. The van der Waals surface area contributed by atoms with E-state index >= 15 is 0 Å². The number of para-hydroxylation sites is 1. The molecule has 6 nitrogen and oxygen atoms in total. The second-order valence-electron chi connectivity index (χ2n) is 6.61. The van der Waals surface area contributed by atoms with Gasteiger partial charge in [0.2, 0.25) is 0 Å². The number of nitrogens with zero attached hydrogens (tertiary/aromatic N) is 3. The van der Waals surface area contributed by atoms with Crippen LogP contribution in [0.5, 0.6) is 0 Å². The van der Waals surface area contributed by atoms with Gasteiger partial charge in [0.05, 0.1) is 25.0 Å². The molecule has 2 fully saturated rings. The molecule has 0 saturated carbocycles. The van der Waals surface area contributed by atoms with Crippen molar-refractivity contribution in [2.45, 2.75) is 18.9 Å². The molecule has 0 radical (unpaired) electrons. The van der Waals surface area contributed by atoms with Gasteiger partial charge in [0.15, 0.2) is 5.96 Å². The molecule has 0 bridgehead atoms. The number of guanidine groups is 1. The Morgan fingerprint density at radius 1 is 1.30 bits per heavy atom. The van der Waals surface area contributed by atoms with Crippen molar-refractivity contribution in [3.8, 4) is 0 Å². The van der Waals surface area contributed by atoms with Gasteiger partial charge in [-0.2, -0.15) is 0 Å². The van der Waals surface area contributed by atoms with E-state index in [-0.39, 0.29) is 35.9 Å². The minimum atomic E-state index is -0.160. The number of benzene rings is 1. The van der Waals surface area contributed by atoms with Gasteiger partial charge in [0, 0.05) is 46.4 Å². The van der Waals surface area contributed by atoms with E-state index in [1.54, 1.807) is 13.1 Å². The van der Waals surface area contributed by atoms with E-state index in [2.05, 4.69) is 20.1 Å². The molecule has 2 aliphatic rings. The molecule has 0 spiro atoms. The molecule has 0 amide bonds. The van der Waals surface area contributed by atoms with Crippen LogP contribution in [0.4, 0.5) is 10.1 Å². The van der Waals surface area contributed by atoms with Gasteiger partial charge in [-0.15, -0.1) is 24.0 Å². The van der Waals surface area contributed by atoms with Crippen LogP contribution in [-0.4, -0.2) is 76.6 Å². The predicted octanol–water partition coefficient (Wildman–Crippen LogP) is 2.34. The Morgan fingerprint density at radius 3 is 2.74 bits per heavy atom. The van der Waals surface area contributed by atoms with Crippen LogP contribution in [0.25, 0.3) is 0 Å². The molecule has 3 rings (SSSR count). The van der Waals surface area contributed by atoms with Crippen LogP contribution < -0.4 is 10.2 Å². The van der Waals surface area contributed by atoms with E-state index in [0.717, 1.165) is 51.6 Å². The molecule has 0 aromatic heterocycles. The monoisotopic (exact) mass is 492 g/mol. The Bertz CT molecular complexity index is 591. The molecule has 1 aromatic rings.